The summed E-state index contributed by atoms with van der Waals surface area (Å²) in [7, 11) is 0. The molecule has 0 radical (unpaired) electrons. The van der Waals surface area contributed by atoms with Crippen LogP contribution in [0.2, 0.25) is 0 Å². The Hall–Kier alpha value is -2.25. The van der Waals surface area contributed by atoms with E-state index < -0.39 is 0 Å². The first kappa shape index (κ1) is 19.5. The second-order valence-electron chi connectivity index (χ2n) is 7.08. The number of hydrogen-bond acceptors (Lipinski definition) is 5. The van der Waals surface area contributed by atoms with Crippen molar-refractivity contribution in [3.05, 3.63) is 42.0 Å². The number of oxazole rings is 1. The SMILES string of the molecule is CCC(C)NC(=O)CN1CCN(Cc2coc(-c3ccc(F)cc3)n2)CC1. The van der Waals surface area contributed by atoms with Gasteiger partial charge in [0.2, 0.25) is 11.8 Å². The largest absolute Gasteiger partial charge is 0.444 e. The molecule has 146 valence electrons. The normalized spacial score (nSPS) is 17.0. The Bertz CT molecular complexity index is 739. The zero-order valence-electron chi connectivity index (χ0n) is 15.9. The zero-order chi connectivity index (χ0) is 19.2. The van der Waals surface area contributed by atoms with Crippen LogP contribution < -0.4 is 5.32 Å². The van der Waals surface area contributed by atoms with E-state index in [1.807, 2.05) is 6.92 Å². The summed E-state index contributed by atoms with van der Waals surface area (Å²) in [6, 6.07) is 6.34. The lowest BCUT2D eigenvalue weighted by atomic mass is 10.2. The number of nitrogens with one attached hydrogen (secondary N) is 1. The van der Waals surface area contributed by atoms with Crippen LogP contribution in [-0.4, -0.2) is 59.5 Å². The van der Waals surface area contributed by atoms with Crippen molar-refractivity contribution in [1.29, 1.82) is 0 Å². The van der Waals surface area contributed by atoms with Crippen LogP contribution in [0.15, 0.2) is 34.9 Å². The van der Waals surface area contributed by atoms with Crippen molar-refractivity contribution in [3.8, 4) is 11.5 Å². The first-order valence-corrected chi connectivity index (χ1v) is 9.48. The van der Waals surface area contributed by atoms with Crippen LogP contribution in [0.5, 0.6) is 0 Å². The van der Waals surface area contributed by atoms with Crippen LogP contribution in [0.3, 0.4) is 0 Å². The average Bonchev–Trinajstić information content (AvgIpc) is 3.12. The Kier molecular flexibility index (Phi) is 6.58. The average molecular weight is 374 g/mol. The molecule has 1 saturated heterocycles. The lowest BCUT2D eigenvalue weighted by Gasteiger charge is -2.34. The van der Waals surface area contributed by atoms with Gasteiger partial charge in [-0.3, -0.25) is 14.6 Å². The van der Waals surface area contributed by atoms with E-state index in [0.717, 1.165) is 43.9 Å². The van der Waals surface area contributed by atoms with Gasteiger partial charge in [-0.25, -0.2) is 9.37 Å². The maximum absolute atomic E-state index is 13.0. The van der Waals surface area contributed by atoms with Gasteiger partial charge in [0.1, 0.15) is 12.1 Å². The van der Waals surface area contributed by atoms with Crippen molar-refractivity contribution in [3.63, 3.8) is 0 Å². The molecule has 0 saturated carbocycles. The summed E-state index contributed by atoms with van der Waals surface area (Å²) in [5, 5.41) is 3.01. The molecule has 0 spiro atoms. The second-order valence-corrected chi connectivity index (χ2v) is 7.08. The Morgan fingerprint density at radius 1 is 1.22 bits per heavy atom. The number of rotatable bonds is 7. The van der Waals surface area contributed by atoms with Gasteiger partial charge in [-0.05, 0) is 37.6 Å². The zero-order valence-corrected chi connectivity index (χ0v) is 15.9. The minimum atomic E-state index is -0.277. The van der Waals surface area contributed by atoms with E-state index in [0.29, 0.717) is 19.0 Å². The van der Waals surface area contributed by atoms with Crippen molar-refractivity contribution in [2.24, 2.45) is 0 Å². The summed E-state index contributed by atoms with van der Waals surface area (Å²) in [4.78, 5) is 21.0. The second kappa shape index (κ2) is 9.10. The highest BCUT2D eigenvalue weighted by molar-refractivity contribution is 5.78. The molecule has 0 bridgehead atoms. The molecular weight excluding hydrogens is 347 g/mol. The Morgan fingerprint density at radius 2 is 1.89 bits per heavy atom. The number of halogens is 1. The highest BCUT2D eigenvalue weighted by Crippen LogP contribution is 2.19. The molecule has 6 nitrogen and oxygen atoms in total. The van der Waals surface area contributed by atoms with Gasteiger partial charge in [-0.15, -0.1) is 0 Å². The van der Waals surface area contributed by atoms with Gasteiger partial charge in [0.15, 0.2) is 0 Å². The fraction of sp³-hybridized carbons (Fsp3) is 0.500. The van der Waals surface area contributed by atoms with E-state index >= 15 is 0 Å². The minimum absolute atomic E-state index is 0.0956. The summed E-state index contributed by atoms with van der Waals surface area (Å²) in [5.74, 6) is 0.324. The lowest BCUT2D eigenvalue weighted by Crippen LogP contribution is -2.49. The third-order valence-corrected chi connectivity index (χ3v) is 4.88. The Balaban J connectivity index is 1.45. The molecule has 1 N–H and O–H groups in total. The van der Waals surface area contributed by atoms with E-state index in [4.69, 9.17) is 4.42 Å². The highest BCUT2D eigenvalue weighted by Gasteiger charge is 2.20. The molecule has 1 aliphatic heterocycles. The van der Waals surface area contributed by atoms with Crippen molar-refractivity contribution < 1.29 is 13.6 Å². The molecule has 1 atom stereocenters. The molecule has 0 aliphatic carbocycles. The Labute approximate surface area is 159 Å². The predicted octanol–water partition coefficient (Wildman–Crippen LogP) is 2.51. The van der Waals surface area contributed by atoms with Gasteiger partial charge in [0, 0.05) is 44.3 Å². The third-order valence-electron chi connectivity index (χ3n) is 4.88. The van der Waals surface area contributed by atoms with E-state index in [9.17, 15) is 9.18 Å². The molecule has 1 unspecified atom stereocenters. The van der Waals surface area contributed by atoms with Gasteiger partial charge in [0.05, 0.1) is 12.2 Å². The molecule has 1 amide bonds. The number of carbonyl (C=O) groups is 1. The molecule has 2 heterocycles. The maximum atomic E-state index is 13.0. The van der Waals surface area contributed by atoms with Crippen LogP contribution in [0.4, 0.5) is 4.39 Å². The summed E-state index contributed by atoms with van der Waals surface area (Å²) < 4.78 is 18.6. The summed E-state index contributed by atoms with van der Waals surface area (Å²) in [6.45, 7) is 8.73. The highest BCUT2D eigenvalue weighted by atomic mass is 19.1. The van der Waals surface area contributed by atoms with Crippen LogP contribution >= 0.6 is 0 Å². The molecule has 1 aromatic carbocycles. The molecule has 1 aromatic heterocycles. The topological polar surface area (TPSA) is 61.6 Å². The number of carbonyl (C=O) groups excluding carboxylic acids is 1. The van der Waals surface area contributed by atoms with Crippen LogP contribution in [-0.2, 0) is 11.3 Å². The van der Waals surface area contributed by atoms with Gasteiger partial charge < -0.3 is 9.73 Å². The molecular formula is C20H27FN4O2. The van der Waals surface area contributed by atoms with Crippen molar-refractivity contribution in [2.75, 3.05) is 32.7 Å². The van der Waals surface area contributed by atoms with E-state index in [1.54, 1.807) is 18.4 Å². The molecule has 2 aromatic rings. The fourth-order valence-electron chi connectivity index (χ4n) is 3.06. The van der Waals surface area contributed by atoms with E-state index in [1.165, 1.54) is 12.1 Å². The monoisotopic (exact) mass is 374 g/mol. The van der Waals surface area contributed by atoms with Gasteiger partial charge >= 0.3 is 0 Å². The maximum Gasteiger partial charge on any atom is 0.234 e. The van der Waals surface area contributed by atoms with Gasteiger partial charge in [0.25, 0.3) is 0 Å². The first-order valence-electron chi connectivity index (χ1n) is 9.48. The number of nitrogens with zero attached hydrogens (tertiary/aromatic N) is 3. The van der Waals surface area contributed by atoms with Gasteiger partial charge in [-0.2, -0.15) is 0 Å². The molecule has 7 heteroatoms. The molecule has 1 fully saturated rings. The standard InChI is InChI=1S/C20H27FN4O2/c1-3-15(2)22-19(26)13-25-10-8-24(9-11-25)12-18-14-27-20(23-18)16-4-6-17(21)7-5-16/h4-7,14-15H,3,8-13H2,1-2H3,(H,22,26). The predicted molar refractivity (Wildman–Crippen MR) is 102 cm³/mol. The number of amides is 1. The minimum Gasteiger partial charge on any atom is -0.444 e. The molecule has 3 rings (SSSR count). The van der Waals surface area contributed by atoms with Crippen molar-refractivity contribution >= 4 is 5.91 Å². The van der Waals surface area contributed by atoms with Crippen molar-refractivity contribution in [1.82, 2.24) is 20.1 Å². The summed E-state index contributed by atoms with van der Waals surface area (Å²) in [5.41, 5.74) is 1.62. The Morgan fingerprint density at radius 3 is 2.56 bits per heavy atom. The van der Waals surface area contributed by atoms with Gasteiger partial charge in [-0.1, -0.05) is 6.92 Å². The molecule has 27 heavy (non-hydrogen) atoms. The fourth-order valence-corrected chi connectivity index (χ4v) is 3.06. The first-order chi connectivity index (χ1) is 13.0. The number of benzene rings is 1. The number of piperazine rings is 1. The molecule has 1 aliphatic rings. The van der Waals surface area contributed by atoms with Crippen LogP contribution in [0, 0.1) is 5.82 Å². The summed E-state index contributed by atoms with van der Waals surface area (Å²) in [6.07, 6.45) is 2.60. The van der Waals surface area contributed by atoms with Crippen LogP contribution in [0.1, 0.15) is 26.0 Å². The quantitative estimate of drug-likeness (QED) is 0.807. The smallest absolute Gasteiger partial charge is 0.234 e. The number of aromatic nitrogens is 1. The lowest BCUT2D eigenvalue weighted by molar-refractivity contribution is -0.123. The third kappa shape index (κ3) is 5.61. The summed E-state index contributed by atoms with van der Waals surface area (Å²) >= 11 is 0. The van der Waals surface area contributed by atoms with Crippen LogP contribution in [0.25, 0.3) is 11.5 Å². The van der Waals surface area contributed by atoms with E-state index in [2.05, 4.69) is 27.0 Å². The van der Waals surface area contributed by atoms with E-state index in [-0.39, 0.29) is 17.8 Å². The number of hydrogen-bond donors (Lipinski definition) is 1. The van der Waals surface area contributed by atoms with Crippen molar-refractivity contribution in [2.45, 2.75) is 32.9 Å².